The van der Waals surface area contributed by atoms with Gasteiger partial charge in [0.2, 0.25) is 0 Å². The van der Waals surface area contributed by atoms with E-state index in [4.69, 9.17) is 14.2 Å². The van der Waals surface area contributed by atoms with Crippen molar-refractivity contribution in [3.63, 3.8) is 0 Å². The molecule has 0 saturated carbocycles. The second kappa shape index (κ2) is 62.1. The van der Waals surface area contributed by atoms with E-state index in [0.717, 1.165) is 148 Å². The van der Waals surface area contributed by atoms with Crippen molar-refractivity contribution in [1.29, 1.82) is 0 Å². The van der Waals surface area contributed by atoms with E-state index in [1.54, 1.807) is 0 Å². The first-order valence-electron chi connectivity index (χ1n) is 30.7. The van der Waals surface area contributed by atoms with E-state index in [1.807, 2.05) is 0 Å². The third-order valence-corrected chi connectivity index (χ3v) is 12.6. The van der Waals surface area contributed by atoms with Gasteiger partial charge in [0.1, 0.15) is 13.2 Å². The van der Waals surface area contributed by atoms with Crippen molar-refractivity contribution in [2.24, 2.45) is 0 Å². The molecule has 0 aliphatic rings. The van der Waals surface area contributed by atoms with E-state index < -0.39 is 6.10 Å². The molecular weight excluding hydrogens is 925 g/mol. The lowest BCUT2D eigenvalue weighted by Gasteiger charge is -2.18. The van der Waals surface area contributed by atoms with Gasteiger partial charge in [-0.2, -0.15) is 0 Å². The second-order valence-electron chi connectivity index (χ2n) is 19.8. The van der Waals surface area contributed by atoms with Gasteiger partial charge in [-0.3, -0.25) is 14.4 Å². The SMILES string of the molecule is CC/C=C\C/C=C\C/C=C\C/C=C\C/C=C\C/C=C\CCCCCCCCCCCCC(=O)OCC(COC(=O)CCCCC/C=C\C/C=C\C/C=C\CC)OC(=O)CCCCCCC/C=C\C/C=C\CCCCC. The molecule has 1 atom stereocenters. The van der Waals surface area contributed by atoms with Crippen LogP contribution < -0.4 is 0 Å². The first kappa shape index (κ1) is 70.5. The van der Waals surface area contributed by atoms with Gasteiger partial charge in [-0.1, -0.05) is 244 Å². The van der Waals surface area contributed by atoms with Crippen LogP contribution in [-0.2, 0) is 28.6 Å². The van der Waals surface area contributed by atoms with Gasteiger partial charge in [-0.05, 0) is 135 Å². The summed E-state index contributed by atoms with van der Waals surface area (Å²) in [5.41, 5.74) is 0. The maximum atomic E-state index is 12.9. The van der Waals surface area contributed by atoms with Gasteiger partial charge >= 0.3 is 17.9 Å². The largest absolute Gasteiger partial charge is 0.462 e. The van der Waals surface area contributed by atoms with Crippen LogP contribution in [0.4, 0.5) is 0 Å². The molecule has 6 heteroatoms. The molecule has 6 nitrogen and oxygen atoms in total. The van der Waals surface area contributed by atoms with Crippen LogP contribution in [0.3, 0.4) is 0 Å². The fourth-order valence-corrected chi connectivity index (χ4v) is 8.08. The van der Waals surface area contributed by atoms with Crippen LogP contribution in [0.1, 0.15) is 265 Å². The molecule has 0 N–H and O–H groups in total. The van der Waals surface area contributed by atoms with Crippen molar-refractivity contribution >= 4 is 17.9 Å². The highest BCUT2D eigenvalue weighted by atomic mass is 16.6. The van der Waals surface area contributed by atoms with E-state index in [1.165, 1.54) is 77.0 Å². The smallest absolute Gasteiger partial charge is 0.306 e. The molecule has 0 fully saturated rings. The summed E-state index contributed by atoms with van der Waals surface area (Å²) < 4.78 is 16.8. The molecule has 0 aromatic carbocycles. The third-order valence-electron chi connectivity index (χ3n) is 12.6. The maximum Gasteiger partial charge on any atom is 0.306 e. The number of ether oxygens (including phenoxy) is 3. The number of esters is 3. The number of carbonyl (C=O) groups is 3. The second-order valence-corrected chi connectivity index (χ2v) is 19.8. The summed E-state index contributed by atoms with van der Waals surface area (Å²) in [6.07, 6.45) is 87.4. The molecule has 0 aliphatic carbocycles. The number of hydrogen-bond donors (Lipinski definition) is 0. The summed E-state index contributed by atoms with van der Waals surface area (Å²) in [7, 11) is 0. The minimum atomic E-state index is -0.804. The number of hydrogen-bond acceptors (Lipinski definition) is 6. The molecule has 0 spiro atoms. The highest BCUT2D eigenvalue weighted by molar-refractivity contribution is 5.71. The van der Waals surface area contributed by atoms with Crippen molar-refractivity contribution in [1.82, 2.24) is 0 Å². The van der Waals surface area contributed by atoms with Gasteiger partial charge in [-0.15, -0.1) is 0 Å². The van der Waals surface area contributed by atoms with Crippen molar-refractivity contribution in [3.05, 3.63) is 134 Å². The third kappa shape index (κ3) is 60.3. The molecule has 0 saturated heterocycles. The van der Waals surface area contributed by atoms with Crippen LogP contribution in [-0.4, -0.2) is 37.2 Å². The molecular formula is C69H112O6. The lowest BCUT2D eigenvalue weighted by molar-refractivity contribution is -0.167. The first-order chi connectivity index (χ1) is 37.0. The average Bonchev–Trinajstić information content (AvgIpc) is 3.41. The van der Waals surface area contributed by atoms with Crippen LogP contribution in [0.15, 0.2) is 134 Å². The first-order valence-corrected chi connectivity index (χ1v) is 30.7. The number of unbranched alkanes of at least 4 members (excludes halogenated alkanes) is 21. The van der Waals surface area contributed by atoms with E-state index in [-0.39, 0.29) is 31.1 Å². The van der Waals surface area contributed by atoms with Crippen LogP contribution in [0.5, 0.6) is 0 Å². The monoisotopic (exact) mass is 1040 g/mol. The van der Waals surface area contributed by atoms with E-state index in [9.17, 15) is 14.4 Å². The van der Waals surface area contributed by atoms with E-state index in [2.05, 4.69) is 154 Å². The number of carbonyl (C=O) groups excluding carboxylic acids is 3. The quantitative estimate of drug-likeness (QED) is 0.0261. The lowest BCUT2D eigenvalue weighted by Crippen LogP contribution is -2.30. The summed E-state index contributed by atoms with van der Waals surface area (Å²) in [5.74, 6) is -0.948. The van der Waals surface area contributed by atoms with Gasteiger partial charge in [0, 0.05) is 19.3 Å². The Morgan fingerprint density at radius 1 is 0.280 bits per heavy atom. The van der Waals surface area contributed by atoms with E-state index >= 15 is 0 Å². The molecule has 75 heavy (non-hydrogen) atoms. The predicted octanol–water partition coefficient (Wildman–Crippen LogP) is 21.0. The van der Waals surface area contributed by atoms with Gasteiger partial charge in [0.15, 0.2) is 6.10 Å². The predicted molar refractivity (Wildman–Crippen MR) is 325 cm³/mol. The van der Waals surface area contributed by atoms with Crippen molar-refractivity contribution in [2.75, 3.05) is 13.2 Å². The van der Waals surface area contributed by atoms with Crippen molar-refractivity contribution in [2.45, 2.75) is 271 Å². The summed E-state index contributed by atoms with van der Waals surface area (Å²) in [6.45, 7) is 6.34. The Kier molecular flexibility index (Phi) is 58.4. The Balaban J connectivity index is 4.32. The molecule has 0 radical (unpaired) electrons. The zero-order chi connectivity index (χ0) is 54.3. The highest BCUT2D eigenvalue weighted by Gasteiger charge is 2.19. The Hall–Kier alpha value is -4.45. The molecule has 424 valence electrons. The fourth-order valence-electron chi connectivity index (χ4n) is 8.08. The standard InChI is InChI=1S/C69H112O6/c1-4-7-10-13-16-19-22-25-27-28-29-30-31-32-33-34-35-36-37-38-39-40-42-44-47-50-53-56-59-62-68(71)74-65-66(64-73-67(70)61-58-55-52-49-46-43-24-21-18-15-12-9-6-3)75-69(72)63-60-57-54-51-48-45-41-26-23-20-17-14-11-8-5-2/h7,9-10,12,16-21,25-27,29-30,32-33,35-36,41,43,46,66H,4-6,8,11,13-15,22-24,28,31,34,37-40,42,44-45,47-65H2,1-3H3/b10-7-,12-9-,19-16-,20-17-,21-18-,27-25-,30-29-,33-32-,36-35-,41-26-,46-43-. The van der Waals surface area contributed by atoms with Gasteiger partial charge in [-0.25, -0.2) is 0 Å². The molecule has 0 heterocycles. The van der Waals surface area contributed by atoms with Crippen LogP contribution in [0.25, 0.3) is 0 Å². The van der Waals surface area contributed by atoms with Gasteiger partial charge in [0.25, 0.3) is 0 Å². The molecule has 0 bridgehead atoms. The molecule has 0 aliphatic heterocycles. The normalized spacial score (nSPS) is 13.1. The molecule has 0 amide bonds. The fraction of sp³-hybridized carbons (Fsp3) is 0.638. The molecule has 0 rings (SSSR count). The lowest BCUT2D eigenvalue weighted by atomic mass is 10.1. The summed E-state index contributed by atoms with van der Waals surface area (Å²) in [4.78, 5) is 38.2. The van der Waals surface area contributed by atoms with E-state index in [0.29, 0.717) is 19.3 Å². The molecule has 0 aromatic rings. The number of rotatable bonds is 54. The van der Waals surface area contributed by atoms with Crippen LogP contribution in [0.2, 0.25) is 0 Å². The topological polar surface area (TPSA) is 78.9 Å². The molecule has 0 aromatic heterocycles. The summed E-state index contributed by atoms with van der Waals surface area (Å²) >= 11 is 0. The molecule has 1 unspecified atom stereocenters. The maximum absolute atomic E-state index is 12.9. The van der Waals surface area contributed by atoms with Gasteiger partial charge < -0.3 is 14.2 Å². The average molecular weight is 1040 g/mol. The Morgan fingerprint density at radius 3 is 0.827 bits per heavy atom. The number of allylic oxidation sites excluding steroid dienone is 22. The van der Waals surface area contributed by atoms with Crippen LogP contribution >= 0.6 is 0 Å². The van der Waals surface area contributed by atoms with Crippen molar-refractivity contribution in [3.8, 4) is 0 Å². The van der Waals surface area contributed by atoms with Gasteiger partial charge in [0.05, 0.1) is 0 Å². The summed E-state index contributed by atoms with van der Waals surface area (Å²) in [6, 6.07) is 0. The minimum Gasteiger partial charge on any atom is -0.462 e. The zero-order valence-corrected chi connectivity index (χ0v) is 48.5. The Morgan fingerprint density at radius 2 is 0.520 bits per heavy atom. The Bertz CT molecular complexity index is 1620. The van der Waals surface area contributed by atoms with Crippen molar-refractivity contribution < 1.29 is 28.6 Å². The van der Waals surface area contributed by atoms with Crippen LogP contribution in [0, 0.1) is 0 Å². The summed E-state index contributed by atoms with van der Waals surface area (Å²) in [5, 5.41) is 0. The zero-order valence-electron chi connectivity index (χ0n) is 48.5. The Labute approximate surface area is 462 Å². The minimum absolute atomic E-state index is 0.0988. The highest BCUT2D eigenvalue weighted by Crippen LogP contribution is 2.15.